The Labute approximate surface area is 146 Å². The average molecular weight is 326 g/mol. The summed E-state index contributed by atoms with van der Waals surface area (Å²) < 4.78 is 0. The Morgan fingerprint density at radius 2 is 1.96 bits per heavy atom. The van der Waals surface area contributed by atoms with E-state index < -0.39 is 5.54 Å². The molecule has 1 aliphatic heterocycles. The van der Waals surface area contributed by atoms with Crippen LogP contribution >= 0.6 is 0 Å². The minimum Gasteiger partial charge on any atom is -0.341 e. The Morgan fingerprint density at radius 1 is 1.29 bits per heavy atom. The third kappa shape index (κ3) is 2.90. The van der Waals surface area contributed by atoms with Gasteiger partial charge in [0.1, 0.15) is 5.54 Å². The van der Waals surface area contributed by atoms with E-state index in [2.05, 4.69) is 47.6 Å². The van der Waals surface area contributed by atoms with Gasteiger partial charge in [0.15, 0.2) is 0 Å². The molecule has 1 amide bonds. The number of benzene rings is 1. The van der Waals surface area contributed by atoms with Gasteiger partial charge >= 0.3 is 0 Å². The second-order valence-electron chi connectivity index (χ2n) is 7.81. The molecule has 3 rings (SSSR count). The summed E-state index contributed by atoms with van der Waals surface area (Å²) in [6.07, 6.45) is 5.19. The van der Waals surface area contributed by atoms with Crippen LogP contribution in [0.1, 0.15) is 43.7 Å². The molecule has 1 fully saturated rings. The van der Waals surface area contributed by atoms with Gasteiger partial charge in [-0.25, -0.2) is 0 Å². The van der Waals surface area contributed by atoms with E-state index in [-0.39, 0.29) is 0 Å². The summed E-state index contributed by atoms with van der Waals surface area (Å²) in [5.41, 5.74) is 3.33. The Balaban J connectivity index is 1.80. The van der Waals surface area contributed by atoms with Crippen LogP contribution in [0.4, 0.5) is 0 Å². The Hall–Kier alpha value is -1.61. The largest absolute Gasteiger partial charge is 0.341 e. The van der Waals surface area contributed by atoms with Gasteiger partial charge in [0, 0.05) is 13.1 Å². The minimum absolute atomic E-state index is 0.297. The molecular weight excluding hydrogens is 296 g/mol. The zero-order valence-electron chi connectivity index (χ0n) is 15.3. The maximum Gasteiger partial charge on any atom is 0.247 e. The highest BCUT2D eigenvalue weighted by molar-refractivity contribution is 5.89. The smallest absolute Gasteiger partial charge is 0.247 e. The molecule has 24 heavy (non-hydrogen) atoms. The maximum absolute atomic E-state index is 13.5. The number of carbonyl (C=O) groups is 1. The molecule has 1 aliphatic carbocycles. The SMILES string of the molecule is C=C(C)CC1CCN(C(=O)C2(N(C)C)CCc3ccccc32)CC1. The lowest BCUT2D eigenvalue weighted by molar-refractivity contribution is -0.145. The molecule has 1 aromatic carbocycles. The van der Waals surface area contributed by atoms with E-state index in [1.54, 1.807) is 0 Å². The normalized spacial score (nSPS) is 24.2. The molecule has 0 spiro atoms. The fraction of sp³-hybridized carbons (Fsp3) is 0.571. The van der Waals surface area contributed by atoms with E-state index >= 15 is 0 Å². The van der Waals surface area contributed by atoms with Crippen molar-refractivity contribution in [2.75, 3.05) is 27.2 Å². The summed E-state index contributed by atoms with van der Waals surface area (Å²) in [5.74, 6) is 0.990. The van der Waals surface area contributed by atoms with Gasteiger partial charge in [0.25, 0.3) is 0 Å². The van der Waals surface area contributed by atoms with Crippen molar-refractivity contribution in [1.29, 1.82) is 0 Å². The molecule has 0 radical (unpaired) electrons. The number of nitrogens with zero attached hydrogens (tertiary/aromatic N) is 2. The van der Waals surface area contributed by atoms with E-state index in [1.807, 2.05) is 14.1 Å². The number of fused-ring (bicyclic) bond motifs is 1. The fourth-order valence-corrected chi connectivity index (χ4v) is 4.56. The molecular formula is C21H30N2O. The van der Waals surface area contributed by atoms with Gasteiger partial charge in [-0.3, -0.25) is 9.69 Å². The number of piperidine rings is 1. The molecule has 3 nitrogen and oxygen atoms in total. The lowest BCUT2D eigenvalue weighted by Gasteiger charge is -2.42. The summed E-state index contributed by atoms with van der Waals surface area (Å²) in [5, 5.41) is 0. The van der Waals surface area contributed by atoms with Gasteiger partial charge in [-0.15, -0.1) is 6.58 Å². The van der Waals surface area contributed by atoms with Crippen molar-refractivity contribution in [2.45, 2.75) is 44.6 Å². The number of hydrogen-bond donors (Lipinski definition) is 0. The van der Waals surface area contributed by atoms with E-state index in [4.69, 9.17) is 0 Å². The lowest BCUT2D eigenvalue weighted by atomic mass is 9.86. The van der Waals surface area contributed by atoms with Crippen LogP contribution in [0.3, 0.4) is 0 Å². The number of rotatable bonds is 4. The van der Waals surface area contributed by atoms with E-state index in [0.717, 1.165) is 45.2 Å². The Morgan fingerprint density at radius 3 is 2.58 bits per heavy atom. The monoisotopic (exact) mass is 326 g/mol. The standard InChI is InChI=1S/C21H30N2O/c1-16(2)15-17-10-13-23(14-11-17)20(24)21(22(3)4)12-9-18-7-5-6-8-19(18)21/h5-8,17H,1,9-15H2,2-4H3. The first-order valence-electron chi connectivity index (χ1n) is 9.14. The van der Waals surface area contributed by atoms with Crippen LogP contribution in [0.15, 0.2) is 36.4 Å². The maximum atomic E-state index is 13.5. The number of likely N-dealkylation sites (N-methyl/N-ethyl adjacent to an activating group) is 1. The van der Waals surface area contributed by atoms with Crippen molar-refractivity contribution in [3.8, 4) is 0 Å². The van der Waals surface area contributed by atoms with Crippen molar-refractivity contribution in [3.63, 3.8) is 0 Å². The fourth-order valence-electron chi connectivity index (χ4n) is 4.56. The van der Waals surface area contributed by atoms with Crippen LogP contribution in [0.5, 0.6) is 0 Å². The number of carbonyl (C=O) groups excluding carboxylic acids is 1. The number of allylic oxidation sites excluding steroid dienone is 1. The summed E-state index contributed by atoms with van der Waals surface area (Å²) in [6, 6.07) is 8.47. The van der Waals surface area contributed by atoms with E-state index in [1.165, 1.54) is 16.7 Å². The predicted molar refractivity (Wildman–Crippen MR) is 98.9 cm³/mol. The second-order valence-corrected chi connectivity index (χ2v) is 7.81. The van der Waals surface area contributed by atoms with Gasteiger partial charge in [-0.05, 0) is 70.2 Å². The third-order valence-corrected chi connectivity index (χ3v) is 5.88. The average Bonchev–Trinajstić information content (AvgIpc) is 2.95. The Bertz CT molecular complexity index is 628. The highest BCUT2D eigenvalue weighted by atomic mass is 16.2. The first-order valence-corrected chi connectivity index (χ1v) is 9.14. The molecule has 0 bridgehead atoms. The molecule has 0 N–H and O–H groups in total. The number of aryl methyl sites for hydroxylation is 1. The van der Waals surface area contributed by atoms with Crippen LogP contribution in [0, 0.1) is 5.92 Å². The molecule has 3 heteroatoms. The third-order valence-electron chi connectivity index (χ3n) is 5.88. The minimum atomic E-state index is -0.474. The topological polar surface area (TPSA) is 23.6 Å². The highest BCUT2D eigenvalue weighted by Crippen LogP contribution is 2.42. The van der Waals surface area contributed by atoms with Crippen molar-refractivity contribution in [1.82, 2.24) is 9.80 Å². The molecule has 1 unspecified atom stereocenters. The van der Waals surface area contributed by atoms with Gasteiger partial charge in [-0.1, -0.05) is 29.8 Å². The zero-order valence-corrected chi connectivity index (χ0v) is 15.3. The first kappa shape index (κ1) is 17.2. The number of amides is 1. The first-order chi connectivity index (χ1) is 11.4. The predicted octanol–water partition coefficient (Wildman–Crippen LogP) is 3.59. The summed E-state index contributed by atoms with van der Waals surface area (Å²) >= 11 is 0. The molecule has 0 aromatic heterocycles. The molecule has 1 heterocycles. The summed E-state index contributed by atoms with van der Waals surface area (Å²) in [4.78, 5) is 17.8. The molecule has 1 aromatic rings. The van der Waals surface area contributed by atoms with Gasteiger partial charge < -0.3 is 4.90 Å². The van der Waals surface area contributed by atoms with E-state index in [9.17, 15) is 4.79 Å². The quantitative estimate of drug-likeness (QED) is 0.789. The highest BCUT2D eigenvalue weighted by Gasteiger charge is 2.49. The van der Waals surface area contributed by atoms with Crippen LogP contribution < -0.4 is 0 Å². The molecule has 2 aliphatic rings. The summed E-state index contributed by atoms with van der Waals surface area (Å²) in [6.45, 7) is 7.91. The molecule has 130 valence electrons. The number of hydrogen-bond acceptors (Lipinski definition) is 2. The van der Waals surface area contributed by atoms with E-state index in [0.29, 0.717) is 11.8 Å². The van der Waals surface area contributed by atoms with Gasteiger partial charge in [0.2, 0.25) is 5.91 Å². The van der Waals surface area contributed by atoms with Gasteiger partial charge in [-0.2, -0.15) is 0 Å². The Kier molecular flexibility index (Phi) is 4.82. The van der Waals surface area contributed by atoms with Crippen LogP contribution in [-0.4, -0.2) is 42.9 Å². The van der Waals surface area contributed by atoms with Crippen LogP contribution in [0.25, 0.3) is 0 Å². The summed E-state index contributed by atoms with van der Waals surface area (Å²) in [7, 11) is 4.10. The van der Waals surface area contributed by atoms with Crippen LogP contribution in [-0.2, 0) is 16.8 Å². The van der Waals surface area contributed by atoms with Crippen LogP contribution in [0.2, 0.25) is 0 Å². The van der Waals surface area contributed by atoms with Crippen molar-refractivity contribution in [2.24, 2.45) is 5.92 Å². The number of likely N-dealkylation sites (tertiary alicyclic amines) is 1. The molecule has 1 saturated heterocycles. The molecule has 1 atom stereocenters. The van der Waals surface area contributed by atoms with Gasteiger partial charge in [0.05, 0.1) is 0 Å². The van der Waals surface area contributed by atoms with Crippen molar-refractivity contribution < 1.29 is 4.79 Å². The van der Waals surface area contributed by atoms with Crippen molar-refractivity contribution >= 4 is 5.91 Å². The zero-order chi connectivity index (χ0) is 17.3. The lowest BCUT2D eigenvalue weighted by Crippen LogP contribution is -2.55. The van der Waals surface area contributed by atoms with Crippen molar-refractivity contribution in [3.05, 3.63) is 47.5 Å². The molecule has 0 saturated carbocycles. The second kappa shape index (κ2) is 6.72.